The number of hydrogen-bond acceptors (Lipinski definition) is 5. The highest BCUT2D eigenvalue weighted by molar-refractivity contribution is 7.92. The second kappa shape index (κ2) is 7.14. The van der Waals surface area contributed by atoms with E-state index in [1.54, 1.807) is 6.92 Å². The van der Waals surface area contributed by atoms with Crippen LogP contribution >= 0.6 is 46.4 Å². The number of rotatable bonds is 4. The molecule has 0 spiro atoms. The van der Waals surface area contributed by atoms with Crippen molar-refractivity contribution in [3.05, 3.63) is 28.8 Å². The van der Waals surface area contributed by atoms with Crippen molar-refractivity contribution in [2.75, 3.05) is 11.5 Å². The highest BCUT2D eigenvalue weighted by Crippen LogP contribution is 2.35. The molecule has 1 heterocycles. The standard InChI is InChI=1S/C13H13Cl4NO5S2/c1-7-2-3-8(14)4-11(7)25(22,23)18-10-6-24(20,21)5-9(10)12(19)13(15,16)17/h2-4,9-10,18H,5-6H2,1H3/t9-,10+/m1/s1. The van der Waals surface area contributed by atoms with Crippen LogP contribution in [0.2, 0.25) is 5.02 Å². The fourth-order valence-electron chi connectivity index (χ4n) is 2.56. The maximum absolute atomic E-state index is 12.6. The molecular weight excluding hydrogens is 456 g/mol. The van der Waals surface area contributed by atoms with E-state index in [1.807, 2.05) is 0 Å². The molecule has 0 amide bonds. The number of hydrogen-bond donors (Lipinski definition) is 1. The first-order valence-corrected chi connectivity index (χ1v) is 11.6. The van der Waals surface area contributed by atoms with E-state index in [4.69, 9.17) is 46.4 Å². The highest BCUT2D eigenvalue weighted by atomic mass is 35.6. The number of alkyl halides is 3. The average Bonchev–Trinajstić information content (AvgIpc) is 2.73. The van der Waals surface area contributed by atoms with Gasteiger partial charge in [-0.05, 0) is 24.6 Å². The molecule has 140 valence electrons. The monoisotopic (exact) mass is 467 g/mol. The molecule has 12 heteroatoms. The van der Waals surface area contributed by atoms with Crippen LogP contribution in [-0.2, 0) is 24.7 Å². The average molecular weight is 469 g/mol. The fraction of sp³-hybridized carbons (Fsp3) is 0.462. The van der Waals surface area contributed by atoms with Crippen LogP contribution in [0, 0.1) is 12.8 Å². The molecule has 1 fully saturated rings. The predicted molar refractivity (Wildman–Crippen MR) is 97.7 cm³/mol. The molecule has 1 aliphatic heterocycles. The number of sulfonamides is 1. The first kappa shape index (κ1) is 21.2. The lowest BCUT2D eigenvalue weighted by atomic mass is 10.0. The molecular formula is C13H13Cl4NO5S2. The number of halogens is 4. The molecule has 1 aliphatic rings. The Kier molecular flexibility index (Phi) is 6.06. The van der Waals surface area contributed by atoms with Gasteiger partial charge in [0.05, 0.1) is 22.3 Å². The number of aryl methyl sites for hydroxylation is 1. The van der Waals surface area contributed by atoms with Gasteiger partial charge in [-0.3, -0.25) is 4.79 Å². The summed E-state index contributed by atoms with van der Waals surface area (Å²) in [6, 6.07) is 3.02. The summed E-state index contributed by atoms with van der Waals surface area (Å²) in [5.41, 5.74) is 0.405. The maximum atomic E-state index is 12.6. The highest BCUT2D eigenvalue weighted by Gasteiger charge is 2.49. The van der Waals surface area contributed by atoms with E-state index in [9.17, 15) is 21.6 Å². The molecule has 25 heavy (non-hydrogen) atoms. The van der Waals surface area contributed by atoms with Crippen molar-refractivity contribution in [3.8, 4) is 0 Å². The van der Waals surface area contributed by atoms with Crippen LogP contribution < -0.4 is 4.72 Å². The third kappa shape index (κ3) is 5.00. The molecule has 1 aromatic rings. The van der Waals surface area contributed by atoms with Crippen molar-refractivity contribution in [2.24, 2.45) is 5.92 Å². The SMILES string of the molecule is Cc1ccc(Cl)cc1S(=O)(=O)N[C@H]1CS(=O)(=O)C[C@H]1C(=O)C(Cl)(Cl)Cl. The van der Waals surface area contributed by atoms with Gasteiger partial charge in [-0.2, -0.15) is 0 Å². The lowest BCUT2D eigenvalue weighted by Crippen LogP contribution is -2.45. The van der Waals surface area contributed by atoms with E-state index in [2.05, 4.69) is 4.72 Å². The second-order valence-electron chi connectivity index (χ2n) is 5.68. The van der Waals surface area contributed by atoms with Crippen molar-refractivity contribution < 1.29 is 21.6 Å². The largest absolute Gasteiger partial charge is 0.294 e. The van der Waals surface area contributed by atoms with E-state index < -0.39 is 52.9 Å². The summed E-state index contributed by atoms with van der Waals surface area (Å²) in [6.45, 7) is 1.56. The summed E-state index contributed by atoms with van der Waals surface area (Å²) in [6.07, 6.45) is 0. The summed E-state index contributed by atoms with van der Waals surface area (Å²) in [5, 5.41) is 0.193. The number of Topliss-reactive ketones (excluding diaryl/α,β-unsaturated/α-hetero) is 1. The third-order valence-corrected chi connectivity index (χ3v) is 7.87. The van der Waals surface area contributed by atoms with Crippen LogP contribution in [0.25, 0.3) is 0 Å². The molecule has 0 saturated carbocycles. The molecule has 1 aromatic carbocycles. The summed E-state index contributed by atoms with van der Waals surface area (Å²) >= 11 is 22.5. The summed E-state index contributed by atoms with van der Waals surface area (Å²) in [5.74, 6) is -3.44. The van der Waals surface area contributed by atoms with Crippen LogP contribution in [-0.4, -0.2) is 44.0 Å². The lowest BCUT2D eigenvalue weighted by molar-refractivity contribution is -0.121. The number of nitrogens with one attached hydrogen (secondary N) is 1. The van der Waals surface area contributed by atoms with Crippen molar-refractivity contribution >= 4 is 72.0 Å². The first-order chi connectivity index (χ1) is 11.2. The summed E-state index contributed by atoms with van der Waals surface area (Å²) in [4.78, 5) is 12.1. The second-order valence-corrected chi connectivity index (χ2v) is 12.2. The first-order valence-electron chi connectivity index (χ1n) is 6.83. The van der Waals surface area contributed by atoms with Crippen molar-refractivity contribution in [1.29, 1.82) is 0 Å². The minimum absolute atomic E-state index is 0.121. The van der Waals surface area contributed by atoms with Crippen LogP contribution in [0.4, 0.5) is 0 Å². The third-order valence-electron chi connectivity index (χ3n) is 3.72. The van der Waals surface area contributed by atoms with Gasteiger partial charge in [0.1, 0.15) is 0 Å². The van der Waals surface area contributed by atoms with Gasteiger partial charge in [0.15, 0.2) is 15.6 Å². The Morgan fingerprint density at radius 3 is 2.40 bits per heavy atom. The fourth-order valence-corrected chi connectivity index (χ4v) is 6.80. The molecule has 2 rings (SSSR count). The zero-order chi connectivity index (χ0) is 19.2. The van der Waals surface area contributed by atoms with Crippen molar-refractivity contribution in [2.45, 2.75) is 21.7 Å². The van der Waals surface area contributed by atoms with E-state index in [0.29, 0.717) is 5.56 Å². The van der Waals surface area contributed by atoms with Gasteiger partial charge in [-0.1, -0.05) is 52.5 Å². The molecule has 1 saturated heterocycles. The van der Waals surface area contributed by atoms with Gasteiger partial charge in [-0.25, -0.2) is 21.6 Å². The minimum atomic E-state index is -4.14. The minimum Gasteiger partial charge on any atom is -0.294 e. The number of carbonyl (C=O) groups excluding carboxylic acids is 1. The van der Waals surface area contributed by atoms with Gasteiger partial charge in [0, 0.05) is 11.1 Å². The zero-order valence-electron chi connectivity index (χ0n) is 12.7. The predicted octanol–water partition coefficient (Wildman–Crippen LogP) is 2.28. The Morgan fingerprint density at radius 2 is 1.84 bits per heavy atom. The Morgan fingerprint density at radius 1 is 1.24 bits per heavy atom. The van der Waals surface area contributed by atoms with Crippen molar-refractivity contribution in [1.82, 2.24) is 4.72 Å². The normalized spacial score (nSPS) is 23.6. The molecule has 2 atom stereocenters. The smallest absolute Gasteiger partial charge is 0.249 e. The van der Waals surface area contributed by atoms with Gasteiger partial charge >= 0.3 is 0 Å². The van der Waals surface area contributed by atoms with Gasteiger partial charge in [0.2, 0.25) is 13.8 Å². The van der Waals surface area contributed by atoms with E-state index in [-0.39, 0.29) is 9.92 Å². The van der Waals surface area contributed by atoms with E-state index in [1.165, 1.54) is 18.2 Å². The van der Waals surface area contributed by atoms with Gasteiger partial charge < -0.3 is 0 Å². The van der Waals surface area contributed by atoms with Gasteiger partial charge in [-0.15, -0.1) is 0 Å². The number of carbonyl (C=O) groups is 1. The molecule has 0 unspecified atom stereocenters. The van der Waals surface area contributed by atoms with E-state index >= 15 is 0 Å². The molecule has 6 nitrogen and oxygen atoms in total. The van der Waals surface area contributed by atoms with Crippen LogP contribution in [0.15, 0.2) is 23.1 Å². The number of ketones is 1. The molecule has 1 N–H and O–H groups in total. The summed E-state index contributed by atoms with van der Waals surface area (Å²) < 4.78 is 48.9. The Hall–Kier alpha value is -0.0900. The lowest BCUT2D eigenvalue weighted by Gasteiger charge is -2.22. The Labute approximate surface area is 165 Å². The topological polar surface area (TPSA) is 97.4 Å². The molecule has 0 radical (unpaired) electrons. The number of benzene rings is 1. The van der Waals surface area contributed by atoms with Crippen LogP contribution in [0.1, 0.15) is 5.56 Å². The van der Waals surface area contributed by atoms with Crippen LogP contribution in [0.3, 0.4) is 0 Å². The zero-order valence-corrected chi connectivity index (χ0v) is 17.3. The van der Waals surface area contributed by atoms with Crippen molar-refractivity contribution in [3.63, 3.8) is 0 Å². The maximum Gasteiger partial charge on any atom is 0.249 e. The quantitative estimate of drug-likeness (QED) is 0.683. The van der Waals surface area contributed by atoms with Gasteiger partial charge in [0.25, 0.3) is 0 Å². The van der Waals surface area contributed by atoms with E-state index in [0.717, 1.165) is 0 Å². The number of sulfone groups is 1. The Bertz CT molecular complexity index is 909. The van der Waals surface area contributed by atoms with Crippen LogP contribution in [0.5, 0.6) is 0 Å². The molecule has 0 aromatic heterocycles. The summed E-state index contributed by atoms with van der Waals surface area (Å²) in [7, 11) is -7.81. The molecule has 0 bridgehead atoms. The molecule has 0 aliphatic carbocycles. The Balaban J connectivity index is 2.39.